The molecule has 1 aliphatic rings. The summed E-state index contributed by atoms with van der Waals surface area (Å²) < 4.78 is 25.9. The first-order chi connectivity index (χ1) is 12.8. The fraction of sp³-hybridized carbons (Fsp3) is 0.263. The molecule has 0 radical (unpaired) electrons. The monoisotopic (exact) mass is 405 g/mol. The lowest BCUT2D eigenvalue weighted by molar-refractivity contribution is -0.132. The molecule has 0 aliphatic carbocycles. The van der Waals surface area contributed by atoms with Crippen molar-refractivity contribution in [2.45, 2.75) is 25.8 Å². The van der Waals surface area contributed by atoms with E-state index < -0.39 is 10.0 Å². The Bertz CT molecular complexity index is 1000. The van der Waals surface area contributed by atoms with Crippen molar-refractivity contribution in [3.8, 4) is 0 Å². The van der Waals surface area contributed by atoms with Crippen LogP contribution in [0.4, 0.5) is 5.69 Å². The van der Waals surface area contributed by atoms with Crippen LogP contribution in [0.15, 0.2) is 53.6 Å². The van der Waals surface area contributed by atoms with Crippen LogP contribution in [0.1, 0.15) is 36.9 Å². The molecule has 0 fully saturated rings. The van der Waals surface area contributed by atoms with Crippen molar-refractivity contribution < 1.29 is 13.2 Å². The number of hydrazone groups is 1. The zero-order valence-corrected chi connectivity index (χ0v) is 16.6. The van der Waals surface area contributed by atoms with Crippen LogP contribution in [0.2, 0.25) is 5.02 Å². The Balaban J connectivity index is 2.03. The average Bonchev–Trinajstić information content (AvgIpc) is 3.05. The van der Waals surface area contributed by atoms with E-state index in [0.29, 0.717) is 34.8 Å². The normalized spacial score (nSPS) is 16.9. The Kier molecular flexibility index (Phi) is 5.53. The van der Waals surface area contributed by atoms with Crippen molar-refractivity contribution in [2.75, 3.05) is 11.0 Å². The van der Waals surface area contributed by atoms with Crippen LogP contribution in [0.3, 0.4) is 0 Å². The molecular weight excluding hydrogens is 386 g/mol. The van der Waals surface area contributed by atoms with Crippen LogP contribution in [0.25, 0.3) is 0 Å². The maximum Gasteiger partial charge on any atom is 0.242 e. The molecule has 1 aliphatic heterocycles. The molecule has 1 N–H and O–H groups in total. The second-order valence-corrected chi connectivity index (χ2v) is 8.46. The van der Waals surface area contributed by atoms with Crippen LogP contribution in [-0.2, 0) is 14.8 Å². The topological polar surface area (TPSA) is 78.8 Å². The highest BCUT2D eigenvalue weighted by Crippen LogP contribution is 2.37. The highest BCUT2D eigenvalue weighted by Gasteiger charge is 2.34. The summed E-state index contributed by atoms with van der Waals surface area (Å²) >= 11 is 6.35. The molecule has 0 saturated carbocycles. The lowest BCUT2D eigenvalue weighted by Gasteiger charge is -2.22. The number of sulfonamides is 1. The molecule has 142 valence electrons. The molecular formula is C19H20ClN3O3S. The van der Waals surface area contributed by atoms with Gasteiger partial charge in [-0.3, -0.25) is 9.52 Å². The molecule has 0 unspecified atom stereocenters. The van der Waals surface area contributed by atoms with E-state index in [4.69, 9.17) is 11.6 Å². The number of rotatable bonds is 5. The maximum atomic E-state index is 12.5. The standard InChI is InChI=1S/C19H20ClN3O3S/c1-3-19(24)23-18(13-8-4-6-10-15(13)20)12-17(21-23)14-9-5-7-11-16(14)22-27(2,25)26/h4-11,18,22H,3,12H2,1-2H3/t18-/m1/s1. The van der Waals surface area contributed by atoms with Crippen molar-refractivity contribution in [2.24, 2.45) is 5.10 Å². The number of carbonyl (C=O) groups excluding carboxylic acids is 1. The largest absolute Gasteiger partial charge is 0.283 e. The van der Waals surface area contributed by atoms with Crippen molar-refractivity contribution in [3.63, 3.8) is 0 Å². The highest BCUT2D eigenvalue weighted by atomic mass is 35.5. The van der Waals surface area contributed by atoms with Gasteiger partial charge >= 0.3 is 0 Å². The molecule has 0 saturated heterocycles. The third-order valence-electron chi connectivity index (χ3n) is 4.27. The van der Waals surface area contributed by atoms with Gasteiger partial charge in [-0.2, -0.15) is 5.10 Å². The molecule has 2 aromatic carbocycles. The Morgan fingerprint density at radius 2 is 1.89 bits per heavy atom. The van der Waals surface area contributed by atoms with Crippen molar-refractivity contribution in [3.05, 3.63) is 64.7 Å². The smallest absolute Gasteiger partial charge is 0.242 e. The number of nitrogens with zero attached hydrogens (tertiary/aromatic N) is 2. The zero-order chi connectivity index (χ0) is 19.6. The fourth-order valence-electron chi connectivity index (χ4n) is 3.08. The number of carbonyl (C=O) groups is 1. The van der Waals surface area contributed by atoms with E-state index in [0.717, 1.165) is 11.8 Å². The number of anilines is 1. The molecule has 6 nitrogen and oxygen atoms in total. The lowest BCUT2D eigenvalue weighted by Crippen LogP contribution is -2.26. The van der Waals surface area contributed by atoms with Crippen LogP contribution >= 0.6 is 11.6 Å². The lowest BCUT2D eigenvalue weighted by atomic mass is 9.97. The molecule has 2 aromatic rings. The summed E-state index contributed by atoms with van der Waals surface area (Å²) in [6.45, 7) is 1.78. The van der Waals surface area contributed by atoms with Gasteiger partial charge < -0.3 is 0 Å². The summed E-state index contributed by atoms with van der Waals surface area (Å²) in [5, 5.41) is 6.54. The minimum absolute atomic E-state index is 0.122. The molecule has 1 heterocycles. The quantitative estimate of drug-likeness (QED) is 0.821. The molecule has 8 heteroatoms. The number of hydrogen-bond donors (Lipinski definition) is 1. The third-order valence-corrected chi connectivity index (χ3v) is 5.20. The Morgan fingerprint density at radius 1 is 1.22 bits per heavy atom. The van der Waals surface area contributed by atoms with Crippen molar-refractivity contribution in [1.29, 1.82) is 0 Å². The third kappa shape index (κ3) is 4.31. The minimum atomic E-state index is -3.44. The Hall–Kier alpha value is -2.38. The first kappa shape index (κ1) is 19.4. The van der Waals surface area contributed by atoms with E-state index >= 15 is 0 Å². The van der Waals surface area contributed by atoms with Gasteiger partial charge in [-0.1, -0.05) is 54.9 Å². The number of hydrogen-bond acceptors (Lipinski definition) is 4. The molecule has 0 aromatic heterocycles. The molecule has 3 rings (SSSR count). The molecule has 0 spiro atoms. The van der Waals surface area contributed by atoms with E-state index in [9.17, 15) is 13.2 Å². The van der Waals surface area contributed by atoms with Gasteiger partial charge in [-0.15, -0.1) is 0 Å². The minimum Gasteiger partial charge on any atom is -0.283 e. The summed E-state index contributed by atoms with van der Waals surface area (Å²) in [5.41, 5.74) is 2.52. The maximum absolute atomic E-state index is 12.5. The van der Waals surface area contributed by atoms with Gasteiger partial charge in [0.15, 0.2) is 0 Å². The van der Waals surface area contributed by atoms with Gasteiger partial charge in [0.05, 0.1) is 23.7 Å². The van der Waals surface area contributed by atoms with Crippen LogP contribution < -0.4 is 4.72 Å². The van der Waals surface area contributed by atoms with E-state index in [1.165, 1.54) is 5.01 Å². The van der Waals surface area contributed by atoms with Gasteiger partial charge in [0, 0.05) is 23.4 Å². The van der Waals surface area contributed by atoms with Gasteiger partial charge in [-0.25, -0.2) is 13.4 Å². The van der Waals surface area contributed by atoms with E-state index in [-0.39, 0.29) is 11.9 Å². The summed E-state index contributed by atoms with van der Waals surface area (Å²) in [6, 6.07) is 14.0. The summed E-state index contributed by atoms with van der Waals surface area (Å²) in [5.74, 6) is -0.122. The second kappa shape index (κ2) is 7.70. The zero-order valence-electron chi connectivity index (χ0n) is 15.0. The number of halogens is 1. The molecule has 1 atom stereocenters. The summed E-state index contributed by atoms with van der Waals surface area (Å²) in [7, 11) is -3.44. The first-order valence-electron chi connectivity index (χ1n) is 8.51. The van der Waals surface area contributed by atoms with Crippen molar-refractivity contribution >= 4 is 38.9 Å². The van der Waals surface area contributed by atoms with Gasteiger partial charge in [0.1, 0.15) is 0 Å². The number of benzene rings is 2. The predicted octanol–water partition coefficient (Wildman–Crippen LogP) is 3.80. The number of amides is 1. The van der Waals surface area contributed by atoms with Gasteiger partial charge in [0.2, 0.25) is 15.9 Å². The number of nitrogens with one attached hydrogen (secondary N) is 1. The predicted molar refractivity (Wildman–Crippen MR) is 107 cm³/mol. The Labute approximate surface area is 163 Å². The SMILES string of the molecule is CCC(=O)N1N=C(c2ccccc2NS(C)(=O)=O)C[C@@H]1c1ccccc1Cl. The Morgan fingerprint density at radius 3 is 2.56 bits per heavy atom. The number of para-hydroxylation sites is 1. The second-order valence-electron chi connectivity index (χ2n) is 6.30. The van der Waals surface area contributed by atoms with E-state index in [2.05, 4.69) is 9.82 Å². The van der Waals surface area contributed by atoms with Crippen LogP contribution in [0.5, 0.6) is 0 Å². The summed E-state index contributed by atoms with van der Waals surface area (Å²) in [6.07, 6.45) is 1.85. The van der Waals surface area contributed by atoms with Crippen LogP contribution in [-0.4, -0.2) is 31.3 Å². The molecule has 27 heavy (non-hydrogen) atoms. The average molecular weight is 406 g/mol. The highest BCUT2D eigenvalue weighted by molar-refractivity contribution is 7.92. The fourth-order valence-corrected chi connectivity index (χ4v) is 3.92. The van der Waals surface area contributed by atoms with E-state index in [1.807, 2.05) is 18.2 Å². The van der Waals surface area contributed by atoms with Gasteiger partial charge in [0.25, 0.3) is 0 Å². The van der Waals surface area contributed by atoms with Crippen molar-refractivity contribution in [1.82, 2.24) is 5.01 Å². The van der Waals surface area contributed by atoms with Crippen LogP contribution in [0, 0.1) is 0 Å². The van der Waals surface area contributed by atoms with Gasteiger partial charge in [-0.05, 0) is 17.7 Å². The molecule has 1 amide bonds. The summed E-state index contributed by atoms with van der Waals surface area (Å²) in [4.78, 5) is 12.5. The first-order valence-corrected chi connectivity index (χ1v) is 10.8. The van der Waals surface area contributed by atoms with E-state index in [1.54, 1.807) is 37.3 Å². The molecule has 0 bridgehead atoms.